The number of carbonyl (C=O) groups excluding carboxylic acids is 2. The van der Waals surface area contributed by atoms with Gasteiger partial charge in [-0.15, -0.1) is 11.3 Å². The van der Waals surface area contributed by atoms with E-state index in [0.717, 1.165) is 17.0 Å². The van der Waals surface area contributed by atoms with E-state index in [1.165, 1.54) is 6.07 Å². The number of rotatable bonds is 7. The highest BCUT2D eigenvalue weighted by Gasteiger charge is 2.27. The summed E-state index contributed by atoms with van der Waals surface area (Å²) in [5.74, 6) is -1.79. The molecule has 13 heteroatoms. The lowest BCUT2D eigenvalue weighted by atomic mass is 10.0. The van der Waals surface area contributed by atoms with E-state index in [1.54, 1.807) is 50.3 Å². The third kappa shape index (κ3) is 4.46. The van der Waals surface area contributed by atoms with E-state index in [0.29, 0.717) is 32.9 Å². The molecule has 0 saturated carbocycles. The summed E-state index contributed by atoms with van der Waals surface area (Å²) in [6.07, 6.45) is -1.29. The number of nitrogens with one attached hydrogen (secondary N) is 1. The van der Waals surface area contributed by atoms with Gasteiger partial charge in [-0.3, -0.25) is 19.0 Å². The fourth-order valence-corrected chi connectivity index (χ4v) is 5.09. The van der Waals surface area contributed by atoms with Crippen molar-refractivity contribution in [1.29, 1.82) is 0 Å². The van der Waals surface area contributed by atoms with Crippen LogP contribution in [0.4, 0.5) is 14.5 Å². The van der Waals surface area contributed by atoms with Crippen LogP contribution in [0.1, 0.15) is 45.8 Å². The van der Waals surface area contributed by atoms with E-state index in [2.05, 4.69) is 20.5 Å². The second-order valence-electron chi connectivity index (χ2n) is 8.57. The second kappa shape index (κ2) is 9.58. The number of hydrogen-bond donors (Lipinski definition) is 2. The molecule has 4 aromatic heterocycles. The molecule has 4 rings (SSSR count). The Bertz CT molecular complexity index is 1510. The Labute approximate surface area is 214 Å². The Balaban J connectivity index is 1.83. The molecular weight excluding hydrogens is 512 g/mol. The fourth-order valence-electron chi connectivity index (χ4n) is 3.94. The zero-order valence-electron chi connectivity index (χ0n) is 20.2. The molecule has 0 aliphatic rings. The van der Waals surface area contributed by atoms with Crippen LogP contribution in [-0.4, -0.2) is 36.4 Å². The number of aryl methyl sites for hydroxylation is 2. The summed E-state index contributed by atoms with van der Waals surface area (Å²) in [5.41, 5.74) is 8.33. The molecule has 0 saturated heterocycles. The van der Waals surface area contributed by atoms with Crippen molar-refractivity contribution in [3.8, 4) is 11.1 Å². The highest BCUT2D eigenvalue weighted by atomic mass is 35.5. The summed E-state index contributed by atoms with van der Waals surface area (Å²) in [5, 5.41) is 12.3. The highest BCUT2D eigenvalue weighted by molar-refractivity contribution is 7.21. The number of amides is 2. The number of halogens is 3. The van der Waals surface area contributed by atoms with Crippen molar-refractivity contribution in [3.05, 3.63) is 44.9 Å². The van der Waals surface area contributed by atoms with E-state index < -0.39 is 29.9 Å². The molecule has 2 amide bonds. The Kier molecular flexibility index (Phi) is 6.84. The van der Waals surface area contributed by atoms with Crippen LogP contribution in [0.3, 0.4) is 0 Å². The standard InChI is InChI=1S/C23H24ClF2N7O2S/c1-9(8-33-12(4)17(24)10(2)31-33)22(35)30-18-16-13(14-7-28-32(5)11(14)3)6-15(20(25)26)29-23(16)36-19(18)21(27)34/h6-7,9,20H,8H2,1-5H3,(H2,27,34)(H,30,35). The maximum Gasteiger partial charge on any atom is 0.280 e. The molecule has 0 aliphatic heterocycles. The zero-order chi connectivity index (χ0) is 26.5. The van der Waals surface area contributed by atoms with E-state index in [9.17, 15) is 18.4 Å². The summed E-state index contributed by atoms with van der Waals surface area (Å²) in [6.45, 7) is 7.31. The van der Waals surface area contributed by atoms with Crippen LogP contribution >= 0.6 is 22.9 Å². The van der Waals surface area contributed by atoms with Gasteiger partial charge in [-0.2, -0.15) is 10.2 Å². The number of anilines is 1. The molecule has 0 spiro atoms. The van der Waals surface area contributed by atoms with Crippen molar-refractivity contribution in [1.82, 2.24) is 24.5 Å². The number of nitrogens with two attached hydrogens (primary N) is 1. The summed E-state index contributed by atoms with van der Waals surface area (Å²) in [7, 11) is 1.73. The zero-order valence-corrected chi connectivity index (χ0v) is 21.8. The Morgan fingerprint density at radius 3 is 2.44 bits per heavy atom. The maximum absolute atomic E-state index is 13.7. The summed E-state index contributed by atoms with van der Waals surface area (Å²) < 4.78 is 30.6. The van der Waals surface area contributed by atoms with Gasteiger partial charge < -0.3 is 11.1 Å². The van der Waals surface area contributed by atoms with Gasteiger partial charge in [0.2, 0.25) is 5.91 Å². The molecule has 0 fully saturated rings. The fraction of sp³-hybridized carbons (Fsp3) is 0.348. The van der Waals surface area contributed by atoms with Crippen molar-refractivity contribution in [2.75, 3.05) is 5.32 Å². The molecule has 9 nitrogen and oxygen atoms in total. The van der Waals surface area contributed by atoms with E-state index in [-0.39, 0.29) is 21.9 Å². The number of alkyl halides is 2. The average Bonchev–Trinajstić information content (AvgIpc) is 3.43. The van der Waals surface area contributed by atoms with Gasteiger partial charge in [0, 0.05) is 23.7 Å². The molecular formula is C23H24ClF2N7O2S. The van der Waals surface area contributed by atoms with Crippen molar-refractivity contribution >= 4 is 50.7 Å². The molecule has 4 aromatic rings. The van der Waals surface area contributed by atoms with Gasteiger partial charge in [-0.05, 0) is 32.4 Å². The number of fused-ring (bicyclic) bond motifs is 1. The molecule has 0 aliphatic carbocycles. The van der Waals surface area contributed by atoms with Crippen molar-refractivity contribution < 1.29 is 18.4 Å². The lowest BCUT2D eigenvalue weighted by molar-refractivity contribution is -0.119. The van der Waals surface area contributed by atoms with Gasteiger partial charge >= 0.3 is 0 Å². The Morgan fingerprint density at radius 1 is 1.22 bits per heavy atom. The summed E-state index contributed by atoms with van der Waals surface area (Å²) in [4.78, 5) is 29.8. The monoisotopic (exact) mass is 535 g/mol. The predicted molar refractivity (Wildman–Crippen MR) is 135 cm³/mol. The minimum Gasteiger partial charge on any atom is -0.365 e. The van der Waals surface area contributed by atoms with Crippen LogP contribution in [0.15, 0.2) is 12.3 Å². The van der Waals surface area contributed by atoms with Gasteiger partial charge in [0.25, 0.3) is 12.3 Å². The van der Waals surface area contributed by atoms with Gasteiger partial charge in [-0.25, -0.2) is 13.8 Å². The smallest absolute Gasteiger partial charge is 0.280 e. The number of thiophene rings is 1. The average molecular weight is 536 g/mol. The number of primary amides is 1. The summed E-state index contributed by atoms with van der Waals surface area (Å²) in [6, 6.07) is 1.26. The van der Waals surface area contributed by atoms with Crippen LogP contribution in [0.5, 0.6) is 0 Å². The predicted octanol–water partition coefficient (Wildman–Crippen LogP) is 4.78. The van der Waals surface area contributed by atoms with Gasteiger partial charge in [0.15, 0.2) is 0 Å². The molecule has 3 N–H and O–H groups in total. The van der Waals surface area contributed by atoms with Crippen LogP contribution in [0.25, 0.3) is 21.3 Å². The third-order valence-corrected chi connectivity index (χ3v) is 7.74. The van der Waals surface area contributed by atoms with Crippen LogP contribution < -0.4 is 11.1 Å². The summed E-state index contributed by atoms with van der Waals surface area (Å²) >= 11 is 7.08. The van der Waals surface area contributed by atoms with Crippen molar-refractivity contribution in [2.45, 2.75) is 40.7 Å². The van der Waals surface area contributed by atoms with E-state index in [1.807, 2.05) is 0 Å². The number of pyridine rings is 1. The molecule has 1 unspecified atom stereocenters. The largest absolute Gasteiger partial charge is 0.365 e. The third-order valence-electron chi connectivity index (χ3n) is 6.09. The minimum absolute atomic E-state index is 0.0152. The van der Waals surface area contributed by atoms with Crippen molar-refractivity contribution in [3.63, 3.8) is 0 Å². The molecule has 0 aromatic carbocycles. The van der Waals surface area contributed by atoms with E-state index in [4.69, 9.17) is 17.3 Å². The molecule has 0 radical (unpaired) electrons. The molecule has 4 heterocycles. The Hall–Kier alpha value is -3.38. The molecule has 0 bridgehead atoms. The normalized spacial score (nSPS) is 12.5. The lowest BCUT2D eigenvalue weighted by Gasteiger charge is -2.15. The van der Waals surface area contributed by atoms with Crippen LogP contribution in [0, 0.1) is 26.7 Å². The maximum atomic E-state index is 13.7. The molecule has 36 heavy (non-hydrogen) atoms. The number of aromatic nitrogens is 5. The van der Waals surface area contributed by atoms with Gasteiger partial charge in [-0.1, -0.05) is 18.5 Å². The molecule has 1 atom stereocenters. The van der Waals surface area contributed by atoms with Crippen LogP contribution in [0.2, 0.25) is 5.02 Å². The first-order valence-corrected chi connectivity index (χ1v) is 12.1. The van der Waals surface area contributed by atoms with Crippen LogP contribution in [-0.2, 0) is 18.4 Å². The first kappa shape index (κ1) is 25.7. The number of nitrogens with zero attached hydrogens (tertiary/aromatic N) is 5. The van der Waals surface area contributed by atoms with E-state index >= 15 is 0 Å². The number of carbonyl (C=O) groups is 2. The first-order valence-electron chi connectivity index (χ1n) is 10.9. The highest BCUT2D eigenvalue weighted by Crippen LogP contribution is 2.43. The number of hydrogen-bond acceptors (Lipinski definition) is 6. The SMILES string of the molecule is Cc1nn(CC(C)C(=O)Nc2c(C(N)=O)sc3nc(C(F)F)cc(-c4cnn(C)c4C)c23)c(C)c1Cl. The lowest BCUT2D eigenvalue weighted by Crippen LogP contribution is -2.26. The first-order chi connectivity index (χ1) is 16.9. The minimum atomic E-state index is -2.84. The van der Waals surface area contributed by atoms with Crippen molar-refractivity contribution in [2.24, 2.45) is 18.7 Å². The topological polar surface area (TPSA) is 121 Å². The quantitative estimate of drug-likeness (QED) is 0.352. The molecule has 190 valence electrons. The van der Waals surface area contributed by atoms with Gasteiger partial charge in [0.1, 0.15) is 15.4 Å². The Morgan fingerprint density at radius 2 is 1.92 bits per heavy atom. The van der Waals surface area contributed by atoms with Gasteiger partial charge in [0.05, 0.1) is 40.8 Å². The second-order valence-corrected chi connectivity index (χ2v) is 9.95.